The average Bonchev–Trinajstić information content (AvgIpc) is 2.89. The number of aryl methyl sites for hydroxylation is 1. The van der Waals surface area contributed by atoms with Gasteiger partial charge in [-0.05, 0) is 47.4 Å². The summed E-state index contributed by atoms with van der Waals surface area (Å²) in [5.74, 6) is 0. The van der Waals surface area contributed by atoms with Crippen LogP contribution in [0.1, 0.15) is 16.7 Å². The molecule has 0 fully saturated rings. The highest BCUT2D eigenvalue weighted by Crippen LogP contribution is 2.21. The minimum atomic E-state index is 0.00751. The highest BCUT2D eigenvalue weighted by atomic mass is 35.5. The van der Waals surface area contributed by atoms with Gasteiger partial charge < -0.3 is 5.11 Å². The zero-order valence-corrected chi connectivity index (χ0v) is 13.2. The number of hydrogen-bond acceptors (Lipinski definition) is 4. The second kappa shape index (κ2) is 6.04. The SMILES string of the molecule is Cc1ccc(CO)cc1/C=C/n1cnc2c(Cl)nc(Cl)nc21. The van der Waals surface area contributed by atoms with Crippen LogP contribution in [0.5, 0.6) is 0 Å². The fourth-order valence-electron chi connectivity index (χ4n) is 2.09. The van der Waals surface area contributed by atoms with Gasteiger partial charge in [0.15, 0.2) is 10.8 Å². The summed E-state index contributed by atoms with van der Waals surface area (Å²) in [6, 6.07) is 5.79. The smallest absolute Gasteiger partial charge is 0.225 e. The first-order valence-corrected chi connectivity index (χ1v) is 7.28. The molecule has 0 saturated heterocycles. The molecule has 5 nitrogen and oxygen atoms in total. The second-order valence-electron chi connectivity index (χ2n) is 4.77. The lowest BCUT2D eigenvalue weighted by Gasteiger charge is -2.03. The molecule has 0 aliphatic carbocycles. The molecule has 3 rings (SSSR count). The number of halogens is 2. The summed E-state index contributed by atoms with van der Waals surface area (Å²) in [5.41, 5.74) is 3.99. The van der Waals surface area contributed by atoms with Crippen LogP contribution in [0.15, 0.2) is 24.5 Å². The lowest BCUT2D eigenvalue weighted by atomic mass is 10.1. The zero-order valence-electron chi connectivity index (χ0n) is 11.7. The normalized spacial score (nSPS) is 11.6. The van der Waals surface area contributed by atoms with Crippen LogP contribution >= 0.6 is 23.2 Å². The number of aromatic nitrogens is 4. The number of imidazole rings is 1. The fraction of sp³-hybridized carbons (Fsp3) is 0.133. The molecule has 0 aliphatic heterocycles. The van der Waals surface area contributed by atoms with E-state index >= 15 is 0 Å². The first kappa shape index (κ1) is 15.0. The number of nitrogens with zero attached hydrogens (tertiary/aromatic N) is 4. The Morgan fingerprint density at radius 1 is 1.27 bits per heavy atom. The molecule has 1 aromatic carbocycles. The van der Waals surface area contributed by atoms with E-state index in [0.29, 0.717) is 11.2 Å². The highest BCUT2D eigenvalue weighted by molar-refractivity contribution is 6.35. The molecule has 2 heterocycles. The van der Waals surface area contributed by atoms with Crippen LogP contribution in [-0.4, -0.2) is 24.6 Å². The Labute approximate surface area is 136 Å². The summed E-state index contributed by atoms with van der Waals surface area (Å²) >= 11 is 11.8. The molecule has 22 heavy (non-hydrogen) atoms. The van der Waals surface area contributed by atoms with Crippen molar-refractivity contribution in [2.45, 2.75) is 13.5 Å². The molecule has 112 valence electrons. The first-order valence-electron chi connectivity index (χ1n) is 6.52. The predicted octanol–water partition coefficient (Wildman–Crippen LogP) is 3.56. The van der Waals surface area contributed by atoms with Gasteiger partial charge in [-0.15, -0.1) is 0 Å². The average molecular weight is 335 g/mol. The molecule has 2 aromatic heterocycles. The lowest BCUT2D eigenvalue weighted by Crippen LogP contribution is -1.91. The number of rotatable bonds is 3. The lowest BCUT2D eigenvalue weighted by molar-refractivity contribution is 0.282. The molecule has 0 amide bonds. The minimum absolute atomic E-state index is 0.00751. The van der Waals surface area contributed by atoms with Gasteiger partial charge in [0.05, 0.1) is 6.61 Å². The monoisotopic (exact) mass is 334 g/mol. The molecule has 0 saturated carbocycles. The second-order valence-corrected chi connectivity index (χ2v) is 5.47. The van der Waals surface area contributed by atoms with Crippen molar-refractivity contribution in [1.82, 2.24) is 19.5 Å². The van der Waals surface area contributed by atoms with Crippen molar-refractivity contribution in [2.24, 2.45) is 0 Å². The van der Waals surface area contributed by atoms with Crippen LogP contribution in [-0.2, 0) is 6.61 Å². The summed E-state index contributed by atoms with van der Waals surface area (Å²) < 4.78 is 1.72. The molecule has 3 aromatic rings. The van der Waals surface area contributed by atoms with Crippen LogP contribution in [0, 0.1) is 6.92 Å². The highest BCUT2D eigenvalue weighted by Gasteiger charge is 2.09. The molecule has 0 unspecified atom stereocenters. The van der Waals surface area contributed by atoms with Gasteiger partial charge in [-0.1, -0.05) is 23.7 Å². The van der Waals surface area contributed by atoms with Crippen molar-refractivity contribution in [3.05, 3.63) is 51.7 Å². The summed E-state index contributed by atoms with van der Waals surface area (Å²) in [6.07, 6.45) is 5.33. The predicted molar refractivity (Wildman–Crippen MR) is 87.7 cm³/mol. The summed E-state index contributed by atoms with van der Waals surface area (Å²) in [4.78, 5) is 12.2. The van der Waals surface area contributed by atoms with Gasteiger partial charge in [-0.3, -0.25) is 4.57 Å². The van der Waals surface area contributed by atoms with Crippen molar-refractivity contribution < 1.29 is 5.11 Å². The quantitative estimate of drug-likeness (QED) is 0.587. The Bertz CT molecular complexity index is 873. The van der Waals surface area contributed by atoms with Crippen LogP contribution in [0.2, 0.25) is 10.4 Å². The van der Waals surface area contributed by atoms with Gasteiger partial charge in [-0.25, -0.2) is 9.97 Å². The van der Waals surface area contributed by atoms with Crippen LogP contribution < -0.4 is 0 Å². The van der Waals surface area contributed by atoms with E-state index in [1.54, 1.807) is 10.9 Å². The maximum Gasteiger partial charge on any atom is 0.225 e. The standard InChI is InChI=1S/C15H12Cl2N4O/c1-9-2-3-10(7-22)6-11(9)4-5-21-8-18-12-13(16)19-15(17)20-14(12)21/h2-6,8,22H,7H2,1H3/b5-4+. The van der Waals surface area contributed by atoms with E-state index in [1.807, 2.05) is 37.4 Å². The van der Waals surface area contributed by atoms with Crippen LogP contribution in [0.3, 0.4) is 0 Å². The van der Waals surface area contributed by atoms with Crippen LogP contribution in [0.4, 0.5) is 0 Å². The van der Waals surface area contributed by atoms with Gasteiger partial charge in [0, 0.05) is 6.20 Å². The van der Waals surface area contributed by atoms with Crippen molar-refractivity contribution in [3.63, 3.8) is 0 Å². The minimum Gasteiger partial charge on any atom is -0.392 e. The number of hydrogen-bond donors (Lipinski definition) is 1. The van der Waals surface area contributed by atoms with Crippen LogP contribution in [0.25, 0.3) is 23.4 Å². The number of aliphatic hydroxyl groups excluding tert-OH is 1. The largest absolute Gasteiger partial charge is 0.392 e. The molecule has 0 spiro atoms. The van der Waals surface area contributed by atoms with Gasteiger partial charge >= 0.3 is 0 Å². The van der Waals surface area contributed by atoms with Crippen molar-refractivity contribution in [3.8, 4) is 0 Å². The van der Waals surface area contributed by atoms with E-state index < -0.39 is 0 Å². The molecular formula is C15H12Cl2N4O. The van der Waals surface area contributed by atoms with Gasteiger partial charge in [0.25, 0.3) is 0 Å². The molecule has 7 heteroatoms. The van der Waals surface area contributed by atoms with Crippen molar-refractivity contribution >= 4 is 46.6 Å². The summed E-state index contributed by atoms with van der Waals surface area (Å²) in [5, 5.41) is 9.52. The first-order chi connectivity index (χ1) is 10.6. The molecule has 0 atom stereocenters. The van der Waals surface area contributed by atoms with Gasteiger partial charge in [0.2, 0.25) is 5.28 Å². The van der Waals surface area contributed by atoms with E-state index in [1.165, 1.54) is 0 Å². The Hall–Kier alpha value is -1.95. The zero-order chi connectivity index (χ0) is 15.7. The third-order valence-electron chi connectivity index (χ3n) is 3.29. The molecule has 0 radical (unpaired) electrons. The maximum atomic E-state index is 9.22. The third kappa shape index (κ3) is 2.83. The Balaban J connectivity index is 2.03. The van der Waals surface area contributed by atoms with E-state index in [-0.39, 0.29) is 17.0 Å². The van der Waals surface area contributed by atoms with Gasteiger partial charge in [0.1, 0.15) is 11.8 Å². The number of benzene rings is 1. The van der Waals surface area contributed by atoms with Gasteiger partial charge in [-0.2, -0.15) is 4.98 Å². The number of aliphatic hydroxyl groups is 1. The molecule has 1 N–H and O–H groups in total. The van der Waals surface area contributed by atoms with E-state index in [0.717, 1.165) is 16.7 Å². The van der Waals surface area contributed by atoms with E-state index in [4.69, 9.17) is 23.2 Å². The Kier molecular flexibility index (Phi) is 4.11. The third-order valence-corrected chi connectivity index (χ3v) is 3.73. The molecular weight excluding hydrogens is 323 g/mol. The van der Waals surface area contributed by atoms with E-state index in [9.17, 15) is 5.11 Å². The maximum absolute atomic E-state index is 9.22. The summed E-state index contributed by atoms with van der Waals surface area (Å²) in [6.45, 7) is 2.01. The van der Waals surface area contributed by atoms with Crippen molar-refractivity contribution in [2.75, 3.05) is 0 Å². The van der Waals surface area contributed by atoms with Crippen molar-refractivity contribution in [1.29, 1.82) is 0 Å². The molecule has 0 aliphatic rings. The Morgan fingerprint density at radius 3 is 2.86 bits per heavy atom. The fourth-order valence-corrected chi connectivity index (χ4v) is 2.52. The van der Waals surface area contributed by atoms with E-state index in [2.05, 4.69) is 15.0 Å². The summed E-state index contributed by atoms with van der Waals surface area (Å²) in [7, 11) is 0. The number of fused-ring (bicyclic) bond motifs is 1. The Morgan fingerprint density at radius 2 is 2.09 bits per heavy atom. The topological polar surface area (TPSA) is 63.8 Å². The molecule has 0 bridgehead atoms.